The molecule has 2 nitrogen and oxygen atoms in total. The molecule has 0 aromatic carbocycles. The minimum absolute atomic E-state index is 0.933. The fourth-order valence-electron chi connectivity index (χ4n) is 4.33. The highest BCUT2D eigenvalue weighted by Crippen LogP contribution is 2.25. The highest BCUT2D eigenvalue weighted by atomic mass is 15.0. The number of rotatable bonds is 21. The maximum absolute atomic E-state index is 4.30. The van der Waals surface area contributed by atoms with Crippen LogP contribution in [0.15, 0.2) is 9.98 Å². The van der Waals surface area contributed by atoms with Crippen LogP contribution >= 0.6 is 0 Å². The van der Waals surface area contributed by atoms with Gasteiger partial charge in [-0.15, -0.1) is 0 Å². The predicted octanol–water partition coefficient (Wildman–Crippen LogP) is 9.09. The summed E-state index contributed by atoms with van der Waals surface area (Å²) in [4.78, 5) is 8.61. The monoisotopic (exact) mass is 389 g/mol. The highest BCUT2D eigenvalue weighted by Gasteiger charge is 2.16. The zero-order valence-corrected chi connectivity index (χ0v) is 19.3. The smallest absolute Gasteiger partial charge is 0.0968 e. The van der Waals surface area contributed by atoms with E-state index in [1.807, 2.05) is 12.4 Å². The molecule has 1 heterocycles. The van der Waals surface area contributed by atoms with Crippen molar-refractivity contribution in [2.24, 2.45) is 15.9 Å². The number of hydrogen-bond donors (Lipinski definition) is 0. The van der Waals surface area contributed by atoms with Gasteiger partial charge in [-0.05, 0) is 18.8 Å². The van der Waals surface area contributed by atoms with Gasteiger partial charge >= 0.3 is 0 Å². The van der Waals surface area contributed by atoms with Crippen molar-refractivity contribution in [3.63, 3.8) is 0 Å². The Kier molecular flexibility index (Phi) is 17.6. The summed E-state index contributed by atoms with van der Waals surface area (Å²) in [6.45, 7) is 4.62. The molecule has 0 N–H and O–H groups in total. The quantitative estimate of drug-likeness (QED) is 0.138. The largest absolute Gasteiger partial charge is 0.240 e. The van der Waals surface area contributed by atoms with E-state index < -0.39 is 0 Å². The fourth-order valence-corrected chi connectivity index (χ4v) is 4.33. The van der Waals surface area contributed by atoms with Gasteiger partial charge in [0.25, 0.3) is 0 Å². The van der Waals surface area contributed by atoms with Crippen molar-refractivity contribution >= 4 is 12.4 Å². The molecule has 2 heteroatoms. The van der Waals surface area contributed by atoms with Crippen molar-refractivity contribution < 1.29 is 0 Å². The van der Waals surface area contributed by atoms with E-state index in [9.17, 15) is 0 Å². The SMILES string of the molecule is CCCCCCCCCCCCCCCC(CCCC)CCC[C+]1N=CC=N1. The molecule has 0 saturated carbocycles. The van der Waals surface area contributed by atoms with Crippen molar-refractivity contribution in [3.05, 3.63) is 6.17 Å². The average molecular weight is 390 g/mol. The molecule has 0 fully saturated rings. The van der Waals surface area contributed by atoms with Gasteiger partial charge in [0.1, 0.15) is 0 Å². The van der Waals surface area contributed by atoms with Gasteiger partial charge in [-0.1, -0.05) is 133 Å². The lowest BCUT2D eigenvalue weighted by Crippen LogP contribution is -2.02. The fraction of sp³-hybridized carbons (Fsp3) is 0.885. The molecular weight excluding hydrogens is 340 g/mol. The van der Waals surface area contributed by atoms with Crippen molar-refractivity contribution in [1.82, 2.24) is 0 Å². The summed E-state index contributed by atoms with van der Waals surface area (Å²) in [7, 11) is 0. The summed E-state index contributed by atoms with van der Waals surface area (Å²) < 4.78 is 0. The first-order valence-corrected chi connectivity index (χ1v) is 12.8. The number of aliphatic imine (C=N–C) groups is 2. The Morgan fingerprint density at radius 1 is 0.536 bits per heavy atom. The molecule has 0 spiro atoms. The van der Waals surface area contributed by atoms with Crippen LogP contribution in [0, 0.1) is 12.1 Å². The minimum Gasteiger partial charge on any atom is -0.0968 e. The summed E-state index contributed by atoms with van der Waals surface area (Å²) in [6.07, 6.45) is 32.8. The molecule has 0 aromatic heterocycles. The van der Waals surface area contributed by atoms with Gasteiger partial charge in [-0.25, -0.2) is 0 Å². The zero-order chi connectivity index (χ0) is 20.1. The molecule has 1 atom stereocenters. The molecule has 28 heavy (non-hydrogen) atoms. The number of hydrogen-bond acceptors (Lipinski definition) is 2. The first kappa shape index (κ1) is 25.2. The van der Waals surface area contributed by atoms with E-state index in [0.717, 1.165) is 18.5 Å². The first-order chi connectivity index (χ1) is 13.9. The lowest BCUT2D eigenvalue weighted by molar-refractivity contribution is 0.374. The second-order valence-corrected chi connectivity index (χ2v) is 8.90. The maximum atomic E-state index is 4.30. The summed E-state index contributed by atoms with van der Waals surface area (Å²) in [5.74, 6) is 0.933. The minimum atomic E-state index is 0.933. The van der Waals surface area contributed by atoms with Crippen molar-refractivity contribution in [2.45, 2.75) is 142 Å². The Morgan fingerprint density at radius 2 is 0.964 bits per heavy atom. The third-order valence-corrected chi connectivity index (χ3v) is 6.21. The highest BCUT2D eigenvalue weighted by molar-refractivity contribution is 6.18. The molecule has 0 aromatic rings. The van der Waals surface area contributed by atoms with Crippen molar-refractivity contribution in [1.29, 1.82) is 0 Å². The second kappa shape index (κ2) is 19.5. The van der Waals surface area contributed by atoms with Crippen LogP contribution in [-0.4, -0.2) is 12.4 Å². The van der Waals surface area contributed by atoms with Gasteiger partial charge in [0.15, 0.2) is 12.4 Å². The standard InChI is InChI=1S/C26H49N2/c1-3-5-7-8-9-10-11-12-13-14-15-16-17-20-25(19-6-4-2)21-18-22-26-27-23-24-28-26/h23-25H,3-22H2,1-2H3/q+1. The van der Waals surface area contributed by atoms with E-state index in [0.29, 0.717) is 0 Å². The van der Waals surface area contributed by atoms with Crippen LogP contribution in [0.3, 0.4) is 0 Å². The van der Waals surface area contributed by atoms with Crippen LogP contribution in [0.1, 0.15) is 142 Å². The molecule has 0 aliphatic carbocycles. The molecule has 1 aliphatic rings. The van der Waals surface area contributed by atoms with Crippen molar-refractivity contribution in [2.75, 3.05) is 0 Å². The first-order valence-electron chi connectivity index (χ1n) is 12.8. The average Bonchev–Trinajstić information content (AvgIpc) is 3.22. The topological polar surface area (TPSA) is 24.7 Å². The Labute approximate surface area is 177 Å². The van der Waals surface area contributed by atoms with Crippen LogP contribution in [0.2, 0.25) is 0 Å². The predicted molar refractivity (Wildman–Crippen MR) is 127 cm³/mol. The van der Waals surface area contributed by atoms with Crippen LogP contribution in [-0.2, 0) is 0 Å². The van der Waals surface area contributed by atoms with E-state index >= 15 is 0 Å². The molecule has 1 unspecified atom stereocenters. The Balaban J connectivity index is 1.91. The third kappa shape index (κ3) is 15.2. The Morgan fingerprint density at radius 3 is 1.50 bits per heavy atom. The van der Waals surface area contributed by atoms with E-state index in [1.54, 1.807) is 0 Å². The van der Waals surface area contributed by atoms with Crippen molar-refractivity contribution in [3.8, 4) is 0 Å². The molecular formula is C26H49N2+. The normalized spacial score (nSPS) is 14.3. The molecule has 1 rings (SSSR count). The van der Waals surface area contributed by atoms with E-state index in [1.165, 1.54) is 122 Å². The zero-order valence-electron chi connectivity index (χ0n) is 19.3. The summed E-state index contributed by atoms with van der Waals surface area (Å²) >= 11 is 0. The van der Waals surface area contributed by atoms with Crippen LogP contribution < -0.4 is 0 Å². The summed E-state index contributed by atoms with van der Waals surface area (Å²) in [5.41, 5.74) is 0. The molecule has 0 amide bonds. The second-order valence-electron chi connectivity index (χ2n) is 8.90. The summed E-state index contributed by atoms with van der Waals surface area (Å²) in [5, 5.41) is 0. The number of unbranched alkanes of at least 4 members (excludes halogenated alkanes) is 13. The van der Waals surface area contributed by atoms with Gasteiger partial charge in [0.05, 0.1) is 6.42 Å². The Bertz CT molecular complexity index is 363. The molecule has 0 radical (unpaired) electrons. The van der Waals surface area contributed by atoms with Gasteiger partial charge in [-0.3, -0.25) is 0 Å². The lowest BCUT2D eigenvalue weighted by atomic mass is 9.90. The lowest BCUT2D eigenvalue weighted by Gasteiger charge is -2.16. The maximum Gasteiger partial charge on any atom is 0.240 e. The van der Waals surface area contributed by atoms with E-state index in [-0.39, 0.29) is 0 Å². The molecule has 0 saturated heterocycles. The van der Waals surface area contributed by atoms with Gasteiger partial charge < -0.3 is 0 Å². The molecule has 1 aliphatic heterocycles. The molecule has 162 valence electrons. The van der Waals surface area contributed by atoms with Crippen LogP contribution in [0.5, 0.6) is 0 Å². The van der Waals surface area contributed by atoms with E-state index in [4.69, 9.17) is 0 Å². The third-order valence-electron chi connectivity index (χ3n) is 6.21. The van der Waals surface area contributed by atoms with Crippen LogP contribution in [0.25, 0.3) is 0 Å². The molecule has 0 bridgehead atoms. The summed E-state index contributed by atoms with van der Waals surface area (Å²) in [6, 6.07) is 0. The van der Waals surface area contributed by atoms with Gasteiger partial charge in [-0.2, -0.15) is 0 Å². The van der Waals surface area contributed by atoms with Crippen LogP contribution in [0.4, 0.5) is 0 Å². The van der Waals surface area contributed by atoms with Gasteiger partial charge in [0, 0.05) is 0 Å². The number of nitrogens with zero attached hydrogens (tertiary/aromatic N) is 2. The van der Waals surface area contributed by atoms with Gasteiger partial charge in [0.2, 0.25) is 6.17 Å². The van der Waals surface area contributed by atoms with E-state index in [2.05, 4.69) is 23.8 Å². The Hall–Kier alpha value is -0.790.